The minimum Gasteiger partial charge on any atom is -0.403 e. The van der Waals surface area contributed by atoms with E-state index in [0.29, 0.717) is 11.3 Å². The van der Waals surface area contributed by atoms with Crippen molar-refractivity contribution in [3.8, 4) is 11.5 Å². The van der Waals surface area contributed by atoms with Crippen molar-refractivity contribution in [1.29, 1.82) is 0 Å². The Morgan fingerprint density at radius 2 is 1.40 bits per heavy atom. The van der Waals surface area contributed by atoms with Gasteiger partial charge >= 0.3 is 6.01 Å². The van der Waals surface area contributed by atoms with Crippen LogP contribution >= 0.6 is 0 Å². The third kappa shape index (κ3) is 2.64. The van der Waals surface area contributed by atoms with Crippen LogP contribution in [0, 0.1) is 11.6 Å². The third-order valence-electron chi connectivity index (χ3n) is 2.61. The van der Waals surface area contributed by atoms with Crippen LogP contribution in [-0.4, -0.2) is 10.2 Å². The van der Waals surface area contributed by atoms with Crippen LogP contribution in [0.15, 0.2) is 52.9 Å². The molecule has 1 aromatic heterocycles. The van der Waals surface area contributed by atoms with E-state index >= 15 is 0 Å². The maximum absolute atomic E-state index is 12.8. The fourth-order valence-corrected chi connectivity index (χ4v) is 1.64. The van der Waals surface area contributed by atoms with Gasteiger partial charge in [-0.05, 0) is 48.5 Å². The number of hydrogen-bond acceptors (Lipinski definition) is 4. The van der Waals surface area contributed by atoms with Gasteiger partial charge in [0.15, 0.2) is 0 Å². The van der Waals surface area contributed by atoms with Gasteiger partial charge in [0.25, 0.3) is 0 Å². The van der Waals surface area contributed by atoms with E-state index in [4.69, 9.17) is 4.42 Å². The zero-order valence-corrected chi connectivity index (χ0v) is 10.2. The summed E-state index contributed by atoms with van der Waals surface area (Å²) in [5, 5.41) is 10.5. The molecule has 0 amide bonds. The highest BCUT2D eigenvalue weighted by Crippen LogP contribution is 2.22. The molecule has 0 spiro atoms. The van der Waals surface area contributed by atoms with E-state index in [2.05, 4.69) is 15.5 Å². The Hall–Kier alpha value is -2.76. The Bertz CT molecular complexity index is 708. The molecule has 0 fully saturated rings. The molecule has 0 aliphatic carbocycles. The number of nitrogens with zero attached hydrogens (tertiary/aromatic N) is 2. The molecule has 3 aromatic rings. The topological polar surface area (TPSA) is 51.0 Å². The average molecular weight is 273 g/mol. The first-order valence-corrected chi connectivity index (χ1v) is 5.83. The number of anilines is 2. The standard InChI is InChI=1S/C14H9F2N3O/c15-10-3-1-9(2-4-10)13-18-19-14(20-13)17-12-7-5-11(16)6-8-12/h1-8H,(H,17,19). The zero-order chi connectivity index (χ0) is 13.9. The molecular weight excluding hydrogens is 264 g/mol. The predicted molar refractivity (Wildman–Crippen MR) is 69.4 cm³/mol. The minimum absolute atomic E-state index is 0.177. The van der Waals surface area contributed by atoms with Gasteiger partial charge < -0.3 is 9.73 Å². The molecule has 3 rings (SSSR count). The minimum atomic E-state index is -0.335. The van der Waals surface area contributed by atoms with Gasteiger partial charge in [-0.1, -0.05) is 5.10 Å². The monoisotopic (exact) mass is 273 g/mol. The molecule has 0 bridgehead atoms. The van der Waals surface area contributed by atoms with E-state index in [0.717, 1.165) is 0 Å². The van der Waals surface area contributed by atoms with Crippen LogP contribution in [0.1, 0.15) is 0 Å². The molecule has 20 heavy (non-hydrogen) atoms. The quantitative estimate of drug-likeness (QED) is 0.789. The molecule has 1 heterocycles. The summed E-state index contributed by atoms with van der Waals surface area (Å²) in [6, 6.07) is 11.6. The normalized spacial score (nSPS) is 10.5. The maximum Gasteiger partial charge on any atom is 0.320 e. The van der Waals surface area contributed by atoms with Crippen molar-refractivity contribution >= 4 is 11.7 Å². The van der Waals surface area contributed by atoms with Gasteiger partial charge in [-0.2, -0.15) is 0 Å². The van der Waals surface area contributed by atoms with E-state index < -0.39 is 0 Å². The number of halogens is 2. The highest BCUT2D eigenvalue weighted by molar-refractivity contribution is 5.56. The molecule has 0 saturated carbocycles. The summed E-state index contributed by atoms with van der Waals surface area (Å²) in [6.07, 6.45) is 0. The van der Waals surface area contributed by atoms with Crippen LogP contribution in [0.5, 0.6) is 0 Å². The molecule has 100 valence electrons. The second-order valence-electron chi connectivity index (χ2n) is 4.05. The van der Waals surface area contributed by atoms with Crippen molar-refractivity contribution < 1.29 is 13.2 Å². The summed E-state index contributed by atoms with van der Waals surface area (Å²) >= 11 is 0. The van der Waals surface area contributed by atoms with Gasteiger partial charge in [0.1, 0.15) is 11.6 Å². The Kier molecular flexibility index (Phi) is 3.12. The lowest BCUT2D eigenvalue weighted by molar-refractivity contribution is 0.586. The second kappa shape index (κ2) is 5.08. The van der Waals surface area contributed by atoms with Gasteiger partial charge in [-0.15, -0.1) is 5.10 Å². The third-order valence-corrected chi connectivity index (χ3v) is 2.61. The summed E-state index contributed by atoms with van der Waals surface area (Å²) in [4.78, 5) is 0. The molecule has 0 unspecified atom stereocenters. The molecule has 4 nitrogen and oxygen atoms in total. The average Bonchev–Trinajstić information content (AvgIpc) is 2.91. The van der Waals surface area contributed by atoms with Crippen molar-refractivity contribution in [2.45, 2.75) is 0 Å². The summed E-state index contributed by atoms with van der Waals surface area (Å²) < 4.78 is 31.0. The molecule has 2 aromatic carbocycles. The van der Waals surface area contributed by atoms with Crippen LogP contribution in [0.3, 0.4) is 0 Å². The lowest BCUT2D eigenvalue weighted by Gasteiger charge is -1.99. The molecule has 0 radical (unpaired) electrons. The molecule has 0 aliphatic heterocycles. The number of aromatic nitrogens is 2. The van der Waals surface area contributed by atoms with Crippen LogP contribution in [0.2, 0.25) is 0 Å². The molecule has 0 aliphatic rings. The van der Waals surface area contributed by atoms with Crippen LogP contribution in [-0.2, 0) is 0 Å². The molecule has 1 N–H and O–H groups in total. The first-order chi connectivity index (χ1) is 9.70. The van der Waals surface area contributed by atoms with Crippen LogP contribution in [0.25, 0.3) is 11.5 Å². The zero-order valence-electron chi connectivity index (χ0n) is 10.2. The molecular formula is C14H9F2N3O. The molecule has 0 saturated heterocycles. The SMILES string of the molecule is Fc1ccc(Nc2nnc(-c3ccc(F)cc3)o2)cc1. The van der Waals surface area contributed by atoms with Gasteiger partial charge in [0.2, 0.25) is 5.89 Å². The molecule has 0 atom stereocenters. The van der Waals surface area contributed by atoms with Crippen molar-refractivity contribution in [2.75, 3.05) is 5.32 Å². The molecule has 6 heteroatoms. The fourth-order valence-electron chi connectivity index (χ4n) is 1.64. The van der Waals surface area contributed by atoms with Gasteiger partial charge in [-0.3, -0.25) is 0 Å². The van der Waals surface area contributed by atoms with Crippen molar-refractivity contribution in [3.63, 3.8) is 0 Å². The highest BCUT2D eigenvalue weighted by Gasteiger charge is 2.08. The predicted octanol–water partition coefficient (Wildman–Crippen LogP) is 3.76. The first kappa shape index (κ1) is 12.3. The highest BCUT2D eigenvalue weighted by atomic mass is 19.1. The number of nitrogens with one attached hydrogen (secondary N) is 1. The van der Waals surface area contributed by atoms with Gasteiger partial charge in [0, 0.05) is 11.3 Å². The second-order valence-corrected chi connectivity index (χ2v) is 4.05. The lowest BCUT2D eigenvalue weighted by atomic mass is 10.2. The van der Waals surface area contributed by atoms with Crippen molar-refractivity contribution in [2.24, 2.45) is 0 Å². The Labute approximate surface area is 113 Å². The smallest absolute Gasteiger partial charge is 0.320 e. The van der Waals surface area contributed by atoms with E-state index in [-0.39, 0.29) is 23.5 Å². The number of hydrogen-bond donors (Lipinski definition) is 1. The summed E-state index contributed by atoms with van der Waals surface area (Å²) in [7, 11) is 0. The Morgan fingerprint density at radius 3 is 2.05 bits per heavy atom. The van der Waals surface area contributed by atoms with Crippen LogP contribution in [0.4, 0.5) is 20.5 Å². The summed E-state index contributed by atoms with van der Waals surface area (Å²) in [5.41, 5.74) is 1.24. The Balaban J connectivity index is 1.80. The van der Waals surface area contributed by atoms with Crippen molar-refractivity contribution in [1.82, 2.24) is 10.2 Å². The largest absolute Gasteiger partial charge is 0.403 e. The number of rotatable bonds is 3. The van der Waals surface area contributed by atoms with Gasteiger partial charge in [0.05, 0.1) is 0 Å². The Morgan fingerprint density at radius 1 is 0.800 bits per heavy atom. The summed E-state index contributed by atoms with van der Waals surface area (Å²) in [6.45, 7) is 0. The van der Waals surface area contributed by atoms with E-state index in [1.54, 1.807) is 24.3 Å². The first-order valence-electron chi connectivity index (χ1n) is 5.83. The lowest BCUT2D eigenvalue weighted by Crippen LogP contribution is -1.90. The van der Waals surface area contributed by atoms with Crippen molar-refractivity contribution in [3.05, 3.63) is 60.2 Å². The van der Waals surface area contributed by atoms with E-state index in [1.165, 1.54) is 24.3 Å². The van der Waals surface area contributed by atoms with E-state index in [9.17, 15) is 8.78 Å². The van der Waals surface area contributed by atoms with E-state index in [1.807, 2.05) is 0 Å². The number of benzene rings is 2. The summed E-state index contributed by atoms with van der Waals surface area (Å²) in [5.74, 6) is -0.388. The fraction of sp³-hybridized carbons (Fsp3) is 0. The van der Waals surface area contributed by atoms with Crippen LogP contribution < -0.4 is 5.32 Å². The van der Waals surface area contributed by atoms with Gasteiger partial charge in [-0.25, -0.2) is 8.78 Å². The maximum atomic E-state index is 12.8.